The van der Waals surface area contributed by atoms with Gasteiger partial charge in [-0.05, 0) is 18.2 Å². The largest absolute Gasteiger partial charge is 0.433 e. The number of aryl methyl sites for hydroxylation is 1. The Hall–Kier alpha value is -2.90. The number of nitro groups is 1. The first-order valence-electron chi connectivity index (χ1n) is 6.11. The molecule has 0 aliphatic rings. The van der Waals surface area contributed by atoms with Crippen molar-refractivity contribution in [2.75, 3.05) is 7.05 Å². The molecule has 0 aliphatic carbocycles. The summed E-state index contributed by atoms with van der Waals surface area (Å²) in [6, 6.07) is 4.49. The van der Waals surface area contributed by atoms with Gasteiger partial charge in [0.15, 0.2) is 0 Å². The second kappa shape index (κ2) is 6.04. The molecule has 0 aliphatic heterocycles. The maximum atomic E-state index is 11.9. The molecular formula is C13H14N4O4. The SMILES string of the molecule is CN(Cc1ccn(C)n1)C(=O)/C=C/c1ccc([N+](=O)[O-])o1. The molecule has 8 nitrogen and oxygen atoms in total. The molecular weight excluding hydrogens is 276 g/mol. The van der Waals surface area contributed by atoms with Crippen molar-refractivity contribution in [2.45, 2.75) is 6.54 Å². The quantitative estimate of drug-likeness (QED) is 0.473. The van der Waals surface area contributed by atoms with Crippen LogP contribution in [-0.4, -0.2) is 32.6 Å². The molecule has 0 bridgehead atoms. The number of furan rings is 1. The number of rotatable bonds is 5. The molecule has 2 rings (SSSR count). The van der Waals surface area contributed by atoms with E-state index in [4.69, 9.17) is 4.42 Å². The van der Waals surface area contributed by atoms with Crippen molar-refractivity contribution >= 4 is 17.9 Å². The molecule has 2 heterocycles. The Morgan fingerprint density at radius 1 is 1.52 bits per heavy atom. The van der Waals surface area contributed by atoms with E-state index in [2.05, 4.69) is 5.10 Å². The zero-order valence-electron chi connectivity index (χ0n) is 11.6. The monoisotopic (exact) mass is 290 g/mol. The lowest BCUT2D eigenvalue weighted by molar-refractivity contribution is -0.402. The molecule has 0 radical (unpaired) electrons. The van der Waals surface area contributed by atoms with Gasteiger partial charge in [-0.1, -0.05) is 0 Å². The highest BCUT2D eigenvalue weighted by atomic mass is 16.6. The van der Waals surface area contributed by atoms with Crippen molar-refractivity contribution in [1.29, 1.82) is 0 Å². The molecule has 110 valence electrons. The number of hydrogen-bond acceptors (Lipinski definition) is 5. The van der Waals surface area contributed by atoms with Gasteiger partial charge in [0.25, 0.3) is 0 Å². The fourth-order valence-corrected chi connectivity index (χ4v) is 1.68. The second-order valence-corrected chi connectivity index (χ2v) is 4.44. The molecule has 1 amide bonds. The molecule has 2 aromatic heterocycles. The Bertz CT molecular complexity index is 686. The highest BCUT2D eigenvalue weighted by Crippen LogP contribution is 2.16. The van der Waals surface area contributed by atoms with Crippen LogP contribution in [0.5, 0.6) is 0 Å². The third kappa shape index (κ3) is 3.78. The minimum atomic E-state index is -0.633. The Kier molecular flexibility index (Phi) is 4.17. The maximum Gasteiger partial charge on any atom is 0.433 e. The molecule has 0 saturated carbocycles. The van der Waals surface area contributed by atoms with E-state index in [1.807, 2.05) is 6.07 Å². The number of hydrogen-bond donors (Lipinski definition) is 0. The van der Waals surface area contributed by atoms with Gasteiger partial charge >= 0.3 is 5.88 Å². The Labute approximate surface area is 120 Å². The van der Waals surface area contributed by atoms with E-state index in [-0.39, 0.29) is 17.6 Å². The highest BCUT2D eigenvalue weighted by Gasteiger charge is 2.11. The smallest absolute Gasteiger partial charge is 0.401 e. The maximum absolute atomic E-state index is 11.9. The van der Waals surface area contributed by atoms with Gasteiger partial charge < -0.3 is 9.32 Å². The molecule has 0 atom stereocenters. The van der Waals surface area contributed by atoms with Crippen LogP contribution in [0.1, 0.15) is 11.5 Å². The average Bonchev–Trinajstić information content (AvgIpc) is 3.05. The van der Waals surface area contributed by atoms with E-state index in [0.717, 1.165) is 5.69 Å². The lowest BCUT2D eigenvalue weighted by Crippen LogP contribution is -2.24. The minimum Gasteiger partial charge on any atom is -0.401 e. The molecule has 0 saturated heterocycles. The summed E-state index contributed by atoms with van der Waals surface area (Å²) in [5.74, 6) is -0.357. The summed E-state index contributed by atoms with van der Waals surface area (Å²) in [5.41, 5.74) is 0.774. The van der Waals surface area contributed by atoms with Crippen LogP contribution >= 0.6 is 0 Å². The number of amides is 1. The van der Waals surface area contributed by atoms with Crippen LogP contribution in [0.15, 0.2) is 34.9 Å². The summed E-state index contributed by atoms with van der Waals surface area (Å²) < 4.78 is 6.58. The van der Waals surface area contributed by atoms with Crippen LogP contribution in [0.3, 0.4) is 0 Å². The number of nitrogens with zero attached hydrogens (tertiary/aromatic N) is 4. The summed E-state index contributed by atoms with van der Waals surface area (Å²) in [6.07, 6.45) is 4.49. The van der Waals surface area contributed by atoms with E-state index in [9.17, 15) is 14.9 Å². The van der Waals surface area contributed by atoms with Gasteiger partial charge in [0.05, 0.1) is 18.3 Å². The summed E-state index contributed by atoms with van der Waals surface area (Å²) in [7, 11) is 3.45. The van der Waals surface area contributed by atoms with Crippen LogP contribution < -0.4 is 0 Å². The van der Waals surface area contributed by atoms with Gasteiger partial charge in [0.2, 0.25) is 5.91 Å². The predicted octanol–water partition coefficient (Wildman–Crippen LogP) is 1.59. The number of carbonyl (C=O) groups excluding carboxylic acids is 1. The first-order valence-corrected chi connectivity index (χ1v) is 6.11. The third-order valence-corrected chi connectivity index (χ3v) is 2.73. The first kappa shape index (κ1) is 14.5. The Morgan fingerprint density at radius 2 is 2.29 bits per heavy atom. The van der Waals surface area contributed by atoms with Crippen molar-refractivity contribution in [3.63, 3.8) is 0 Å². The topological polar surface area (TPSA) is 94.4 Å². The number of likely N-dealkylation sites (N-methyl/N-ethyl adjacent to an activating group) is 1. The highest BCUT2D eigenvalue weighted by molar-refractivity contribution is 5.91. The molecule has 0 unspecified atom stereocenters. The standard InChI is InChI=1S/C13H14N4O4/c1-15(9-10-7-8-16(2)14-10)12(18)5-3-11-4-6-13(21-11)17(19)20/h3-8H,9H2,1-2H3/b5-3+. The molecule has 8 heteroatoms. The second-order valence-electron chi connectivity index (χ2n) is 4.44. The lowest BCUT2D eigenvalue weighted by atomic mass is 10.3. The Balaban J connectivity index is 1.96. The van der Waals surface area contributed by atoms with Gasteiger partial charge in [0.1, 0.15) is 10.7 Å². The first-order chi connectivity index (χ1) is 9.95. The predicted molar refractivity (Wildman–Crippen MR) is 74.1 cm³/mol. The number of aromatic nitrogens is 2. The summed E-state index contributed by atoms with van der Waals surface area (Å²) in [4.78, 5) is 23.2. The summed E-state index contributed by atoms with van der Waals surface area (Å²) in [6.45, 7) is 0.377. The number of carbonyl (C=O) groups is 1. The van der Waals surface area contributed by atoms with E-state index in [1.165, 1.54) is 29.2 Å². The summed E-state index contributed by atoms with van der Waals surface area (Å²) >= 11 is 0. The van der Waals surface area contributed by atoms with Crippen molar-refractivity contribution in [3.05, 3.63) is 52.0 Å². The Morgan fingerprint density at radius 3 is 2.86 bits per heavy atom. The van der Waals surface area contributed by atoms with Crippen LogP contribution in [0.2, 0.25) is 0 Å². The van der Waals surface area contributed by atoms with Gasteiger partial charge in [0, 0.05) is 26.4 Å². The van der Waals surface area contributed by atoms with Crippen LogP contribution in [0.25, 0.3) is 6.08 Å². The van der Waals surface area contributed by atoms with Gasteiger partial charge in [-0.15, -0.1) is 0 Å². The van der Waals surface area contributed by atoms with Gasteiger partial charge in [-0.3, -0.25) is 19.6 Å². The molecule has 0 aromatic carbocycles. The van der Waals surface area contributed by atoms with E-state index < -0.39 is 4.92 Å². The lowest BCUT2D eigenvalue weighted by Gasteiger charge is -2.12. The van der Waals surface area contributed by atoms with Gasteiger partial charge in [-0.25, -0.2) is 0 Å². The fraction of sp³-hybridized carbons (Fsp3) is 0.231. The van der Waals surface area contributed by atoms with Crippen molar-refractivity contribution in [2.24, 2.45) is 7.05 Å². The van der Waals surface area contributed by atoms with E-state index in [1.54, 1.807) is 25.0 Å². The van der Waals surface area contributed by atoms with Crippen LogP contribution in [0, 0.1) is 10.1 Å². The molecule has 0 spiro atoms. The average molecular weight is 290 g/mol. The molecule has 0 fully saturated rings. The van der Waals surface area contributed by atoms with Crippen LogP contribution in [-0.2, 0) is 18.4 Å². The van der Waals surface area contributed by atoms with Crippen molar-refractivity contribution < 1.29 is 14.1 Å². The van der Waals surface area contributed by atoms with E-state index >= 15 is 0 Å². The fourth-order valence-electron chi connectivity index (χ4n) is 1.68. The van der Waals surface area contributed by atoms with E-state index in [0.29, 0.717) is 6.54 Å². The molecule has 0 N–H and O–H groups in total. The molecule has 2 aromatic rings. The zero-order chi connectivity index (χ0) is 15.4. The third-order valence-electron chi connectivity index (χ3n) is 2.73. The van der Waals surface area contributed by atoms with Crippen molar-refractivity contribution in [3.8, 4) is 0 Å². The van der Waals surface area contributed by atoms with Crippen molar-refractivity contribution in [1.82, 2.24) is 14.7 Å². The zero-order valence-corrected chi connectivity index (χ0v) is 11.6. The molecule has 21 heavy (non-hydrogen) atoms. The van der Waals surface area contributed by atoms with Crippen LogP contribution in [0.4, 0.5) is 5.88 Å². The minimum absolute atomic E-state index is 0.250. The van der Waals surface area contributed by atoms with Gasteiger partial charge in [-0.2, -0.15) is 5.10 Å². The summed E-state index contributed by atoms with van der Waals surface area (Å²) in [5, 5.41) is 14.6. The normalized spacial score (nSPS) is 11.0.